The maximum absolute atomic E-state index is 14.7. The Balaban J connectivity index is 1.92. The lowest BCUT2D eigenvalue weighted by Gasteiger charge is -2.09. The minimum Gasteiger partial charge on any atom is -0.453 e. The van der Waals surface area contributed by atoms with Gasteiger partial charge in [0.05, 0.1) is 18.5 Å². The smallest absolute Gasteiger partial charge is 0.407 e. The first-order valence-electron chi connectivity index (χ1n) is 9.39. The molecule has 3 aromatic rings. The van der Waals surface area contributed by atoms with Crippen LogP contribution in [0.5, 0.6) is 0 Å². The van der Waals surface area contributed by atoms with Crippen LogP contribution in [0.1, 0.15) is 23.6 Å². The Bertz CT molecular complexity index is 1120. The number of alkyl carbamates (subject to hydrolysis) is 1. The van der Waals surface area contributed by atoms with Gasteiger partial charge in [0, 0.05) is 23.9 Å². The molecule has 0 aliphatic rings. The zero-order valence-electron chi connectivity index (χ0n) is 17.6. The first-order chi connectivity index (χ1) is 14.8. The summed E-state index contributed by atoms with van der Waals surface area (Å²) in [4.78, 5) is 16.0. The van der Waals surface area contributed by atoms with Crippen LogP contribution >= 0.6 is 0 Å². The summed E-state index contributed by atoms with van der Waals surface area (Å²) >= 11 is 0. The molecule has 1 amide bonds. The highest BCUT2D eigenvalue weighted by molar-refractivity contribution is 5.98. The number of amides is 1. The molecule has 3 rings (SSSR count). The van der Waals surface area contributed by atoms with E-state index in [2.05, 4.69) is 25.1 Å². The highest BCUT2D eigenvalue weighted by atomic mass is 19.1. The topological polar surface area (TPSA) is 77.7 Å². The highest BCUT2D eigenvalue weighted by Gasteiger charge is 2.16. The van der Waals surface area contributed by atoms with Crippen LogP contribution < -0.4 is 5.32 Å². The molecule has 0 bridgehead atoms. The second-order valence-electron chi connectivity index (χ2n) is 6.78. The molecule has 0 saturated heterocycles. The van der Waals surface area contributed by atoms with Crippen molar-refractivity contribution in [2.24, 2.45) is 5.16 Å². The van der Waals surface area contributed by atoms with Gasteiger partial charge in [-0.3, -0.25) is 0 Å². The number of hydrogen-bond donors (Lipinski definition) is 1. The van der Waals surface area contributed by atoms with E-state index in [4.69, 9.17) is 0 Å². The van der Waals surface area contributed by atoms with E-state index in [1.807, 2.05) is 25.1 Å². The van der Waals surface area contributed by atoms with E-state index in [9.17, 15) is 13.6 Å². The van der Waals surface area contributed by atoms with E-state index in [-0.39, 0.29) is 17.8 Å². The Kier molecular flexibility index (Phi) is 6.64. The standard InChI is InChI=1S/C22H22F2N4O3/c1-13-5-6-15(9-17(13)12-25-22(29)30-3)20-7-8-28(26-20)21-18(23)10-16(11-19(21)24)14(2)27-31-4/h5-11H,12H2,1-4H3,(H,25,29)/b27-14+. The summed E-state index contributed by atoms with van der Waals surface area (Å²) in [6, 6.07) is 9.62. The zero-order valence-corrected chi connectivity index (χ0v) is 17.6. The molecule has 31 heavy (non-hydrogen) atoms. The second-order valence-corrected chi connectivity index (χ2v) is 6.78. The van der Waals surface area contributed by atoms with Crippen LogP contribution in [0.4, 0.5) is 13.6 Å². The van der Waals surface area contributed by atoms with E-state index in [1.165, 1.54) is 32.5 Å². The lowest BCUT2D eigenvalue weighted by atomic mass is 10.0. The molecule has 0 radical (unpaired) electrons. The quantitative estimate of drug-likeness (QED) is 0.468. The van der Waals surface area contributed by atoms with Crippen molar-refractivity contribution in [1.29, 1.82) is 0 Å². The molecule has 9 heteroatoms. The Morgan fingerprint density at radius 2 is 1.87 bits per heavy atom. The summed E-state index contributed by atoms with van der Waals surface area (Å²) in [6.45, 7) is 3.78. The third kappa shape index (κ3) is 4.88. The second kappa shape index (κ2) is 9.38. The van der Waals surface area contributed by atoms with E-state index >= 15 is 0 Å². The number of hydrogen-bond acceptors (Lipinski definition) is 5. The third-order valence-electron chi connectivity index (χ3n) is 4.73. The maximum atomic E-state index is 14.7. The first-order valence-corrected chi connectivity index (χ1v) is 9.39. The highest BCUT2D eigenvalue weighted by Crippen LogP contribution is 2.25. The van der Waals surface area contributed by atoms with Crippen molar-refractivity contribution in [3.63, 3.8) is 0 Å². The number of carbonyl (C=O) groups excluding carboxylic acids is 1. The summed E-state index contributed by atoms with van der Waals surface area (Å²) in [5.74, 6) is -1.55. The number of aromatic nitrogens is 2. The van der Waals surface area contributed by atoms with E-state index < -0.39 is 17.7 Å². The maximum Gasteiger partial charge on any atom is 0.407 e. The van der Waals surface area contributed by atoms with Gasteiger partial charge < -0.3 is 14.9 Å². The minimum atomic E-state index is -0.776. The number of oxime groups is 1. The van der Waals surface area contributed by atoms with Crippen LogP contribution in [0.3, 0.4) is 0 Å². The van der Waals surface area contributed by atoms with Crippen molar-refractivity contribution in [3.8, 4) is 16.9 Å². The fraction of sp³-hybridized carbons (Fsp3) is 0.227. The van der Waals surface area contributed by atoms with Crippen LogP contribution in [0, 0.1) is 18.6 Å². The number of methoxy groups -OCH3 is 1. The van der Waals surface area contributed by atoms with E-state index in [0.717, 1.165) is 21.4 Å². The van der Waals surface area contributed by atoms with Crippen molar-refractivity contribution in [2.75, 3.05) is 14.2 Å². The van der Waals surface area contributed by atoms with E-state index in [1.54, 1.807) is 13.0 Å². The molecular weight excluding hydrogens is 406 g/mol. The largest absolute Gasteiger partial charge is 0.453 e. The molecule has 0 fully saturated rings. The predicted octanol–water partition coefficient (Wildman–Crippen LogP) is 4.35. The van der Waals surface area contributed by atoms with Gasteiger partial charge in [0.15, 0.2) is 11.6 Å². The van der Waals surface area contributed by atoms with Gasteiger partial charge >= 0.3 is 6.09 Å². The van der Waals surface area contributed by atoms with Crippen LogP contribution in [-0.2, 0) is 16.1 Å². The molecule has 1 heterocycles. The molecule has 2 aromatic carbocycles. The molecule has 0 atom stereocenters. The van der Waals surface area contributed by atoms with Gasteiger partial charge in [-0.05, 0) is 49.2 Å². The Morgan fingerprint density at radius 1 is 1.16 bits per heavy atom. The van der Waals surface area contributed by atoms with Gasteiger partial charge in [-0.2, -0.15) is 5.10 Å². The van der Waals surface area contributed by atoms with Gasteiger partial charge in [-0.1, -0.05) is 17.3 Å². The van der Waals surface area contributed by atoms with Crippen molar-refractivity contribution < 1.29 is 23.1 Å². The zero-order chi connectivity index (χ0) is 22.5. The van der Waals surface area contributed by atoms with Gasteiger partial charge in [-0.15, -0.1) is 0 Å². The third-order valence-corrected chi connectivity index (χ3v) is 4.73. The van der Waals surface area contributed by atoms with Crippen molar-refractivity contribution in [2.45, 2.75) is 20.4 Å². The molecule has 0 unspecified atom stereocenters. The molecule has 1 N–H and O–H groups in total. The van der Waals surface area contributed by atoms with Crippen molar-refractivity contribution in [1.82, 2.24) is 15.1 Å². The molecule has 0 spiro atoms. The number of nitrogens with one attached hydrogen (secondary N) is 1. The number of halogens is 2. The van der Waals surface area contributed by atoms with Crippen molar-refractivity contribution in [3.05, 3.63) is 70.9 Å². The average molecular weight is 428 g/mol. The molecule has 0 saturated carbocycles. The number of benzene rings is 2. The normalized spacial score (nSPS) is 11.4. The first kappa shape index (κ1) is 21.9. The Hall–Kier alpha value is -3.75. The Labute approximate surface area is 178 Å². The summed E-state index contributed by atoms with van der Waals surface area (Å²) in [5, 5.41) is 10.7. The van der Waals surface area contributed by atoms with Crippen LogP contribution in [0.15, 0.2) is 47.8 Å². The van der Waals surface area contributed by atoms with Gasteiger partial charge in [-0.25, -0.2) is 18.3 Å². The SMILES string of the molecule is CO/N=C(\C)c1cc(F)c(-n2ccc(-c3ccc(C)c(CNC(=O)OC)c3)n2)c(F)c1. The van der Waals surface area contributed by atoms with Gasteiger partial charge in [0.25, 0.3) is 0 Å². The monoisotopic (exact) mass is 428 g/mol. The number of aryl methyl sites for hydroxylation is 1. The minimum absolute atomic E-state index is 0.272. The Morgan fingerprint density at radius 3 is 2.52 bits per heavy atom. The molecule has 7 nitrogen and oxygen atoms in total. The van der Waals surface area contributed by atoms with Gasteiger partial charge in [0.1, 0.15) is 12.8 Å². The van der Waals surface area contributed by atoms with Crippen LogP contribution in [0.25, 0.3) is 16.9 Å². The predicted molar refractivity (Wildman–Crippen MR) is 112 cm³/mol. The van der Waals surface area contributed by atoms with Crippen LogP contribution in [0.2, 0.25) is 0 Å². The fourth-order valence-corrected chi connectivity index (χ4v) is 3.05. The summed E-state index contributed by atoms with van der Waals surface area (Å²) in [7, 11) is 2.65. The lowest BCUT2D eigenvalue weighted by Crippen LogP contribution is -2.22. The summed E-state index contributed by atoms with van der Waals surface area (Å²) in [6.07, 6.45) is 0.952. The van der Waals surface area contributed by atoms with E-state index in [0.29, 0.717) is 11.4 Å². The molecular formula is C22H22F2N4O3. The molecule has 1 aromatic heterocycles. The fourth-order valence-electron chi connectivity index (χ4n) is 3.05. The number of ether oxygens (including phenoxy) is 1. The number of rotatable bonds is 6. The number of nitrogens with zero attached hydrogens (tertiary/aromatic N) is 3. The summed E-state index contributed by atoms with van der Waals surface area (Å²) < 4.78 is 35.1. The van der Waals surface area contributed by atoms with Crippen LogP contribution in [-0.4, -0.2) is 35.8 Å². The summed E-state index contributed by atoms with van der Waals surface area (Å²) in [5.41, 5.74) is 3.44. The lowest BCUT2D eigenvalue weighted by molar-refractivity contribution is 0.170. The van der Waals surface area contributed by atoms with Gasteiger partial charge in [0.2, 0.25) is 0 Å². The molecule has 0 aliphatic heterocycles. The number of carbonyl (C=O) groups is 1. The average Bonchev–Trinajstić information content (AvgIpc) is 3.22. The van der Waals surface area contributed by atoms with Crippen molar-refractivity contribution >= 4 is 11.8 Å². The molecule has 162 valence electrons. The molecule has 0 aliphatic carbocycles.